The summed E-state index contributed by atoms with van der Waals surface area (Å²) in [4.78, 5) is 2.42. The number of benzene rings is 1. The zero-order chi connectivity index (χ0) is 21.6. The largest absolute Gasteiger partial charge is 0.392 e. The highest BCUT2D eigenvalue weighted by Gasteiger charge is 2.17. The van der Waals surface area contributed by atoms with Gasteiger partial charge in [-0.3, -0.25) is 4.90 Å². The average molecular weight is 399 g/mol. The molecule has 1 aromatic carbocycles. The summed E-state index contributed by atoms with van der Waals surface area (Å²) in [7, 11) is 0. The molecule has 0 amide bonds. The van der Waals surface area contributed by atoms with Crippen molar-refractivity contribution in [2.24, 2.45) is 11.8 Å². The smallest absolute Gasteiger partial charge is 0.0690 e. The van der Waals surface area contributed by atoms with Gasteiger partial charge < -0.3 is 9.67 Å². The van der Waals surface area contributed by atoms with Crippen LogP contribution in [0.1, 0.15) is 71.7 Å². The first kappa shape index (κ1) is 23.7. The molecule has 162 valence electrons. The third-order valence-corrected chi connectivity index (χ3v) is 5.72. The Morgan fingerprint density at radius 2 is 1.66 bits per heavy atom. The van der Waals surface area contributed by atoms with Crippen LogP contribution in [-0.4, -0.2) is 33.8 Å². The Morgan fingerprint density at radius 3 is 2.21 bits per heavy atom. The number of aliphatic hydroxyl groups is 1. The number of aliphatic hydroxyl groups excluding tert-OH is 1. The summed E-state index contributed by atoms with van der Waals surface area (Å²) in [6.07, 6.45) is 3.04. The lowest BCUT2D eigenvalue weighted by atomic mass is 9.87. The Morgan fingerprint density at radius 1 is 1.00 bits per heavy atom. The number of aromatic nitrogens is 1. The van der Waals surface area contributed by atoms with Crippen molar-refractivity contribution < 1.29 is 5.11 Å². The van der Waals surface area contributed by atoms with Gasteiger partial charge in [0, 0.05) is 31.5 Å². The second kappa shape index (κ2) is 10.4. The number of nitrogens with zero attached hydrogens (tertiary/aromatic N) is 2. The minimum atomic E-state index is -0.282. The monoisotopic (exact) mass is 398 g/mol. The van der Waals surface area contributed by atoms with E-state index in [4.69, 9.17) is 0 Å². The van der Waals surface area contributed by atoms with Gasteiger partial charge in [-0.2, -0.15) is 0 Å². The Balaban J connectivity index is 2.09. The van der Waals surface area contributed by atoms with Gasteiger partial charge in [-0.15, -0.1) is 0 Å². The Labute approximate surface area is 178 Å². The molecule has 3 nitrogen and oxygen atoms in total. The van der Waals surface area contributed by atoms with Crippen molar-refractivity contribution in [2.45, 2.75) is 79.5 Å². The third kappa shape index (κ3) is 7.64. The summed E-state index contributed by atoms with van der Waals surface area (Å²) >= 11 is 0. The molecule has 2 rings (SSSR count). The molecule has 0 unspecified atom stereocenters. The lowest BCUT2D eigenvalue weighted by Gasteiger charge is -2.28. The van der Waals surface area contributed by atoms with Crippen LogP contribution in [0.15, 0.2) is 42.6 Å². The summed E-state index contributed by atoms with van der Waals surface area (Å²) in [5.74, 6) is 0.950. The summed E-state index contributed by atoms with van der Waals surface area (Å²) in [6, 6.07) is 13.4. The van der Waals surface area contributed by atoms with Crippen LogP contribution in [0, 0.1) is 11.8 Å². The van der Waals surface area contributed by atoms with Gasteiger partial charge in [-0.05, 0) is 53.5 Å². The molecule has 1 N–H and O–H groups in total. The van der Waals surface area contributed by atoms with E-state index in [1.807, 2.05) is 0 Å². The molecule has 29 heavy (non-hydrogen) atoms. The molecule has 0 aliphatic carbocycles. The molecule has 1 heterocycles. The fourth-order valence-corrected chi connectivity index (χ4v) is 3.43. The zero-order valence-electron chi connectivity index (χ0n) is 19.7. The van der Waals surface area contributed by atoms with Crippen molar-refractivity contribution in [3.8, 4) is 0 Å². The number of hydrogen-bond acceptors (Lipinski definition) is 2. The van der Waals surface area contributed by atoms with Crippen molar-refractivity contribution in [2.75, 3.05) is 13.1 Å². The highest BCUT2D eigenvalue weighted by Crippen LogP contribution is 2.23. The Bertz CT molecular complexity index is 722. The molecule has 2 aromatic rings. The molecule has 3 heteroatoms. The van der Waals surface area contributed by atoms with Gasteiger partial charge in [0.1, 0.15) is 0 Å². The quantitative estimate of drug-likeness (QED) is 0.556. The van der Waals surface area contributed by atoms with E-state index in [0.29, 0.717) is 5.92 Å². The predicted molar refractivity (Wildman–Crippen MR) is 124 cm³/mol. The van der Waals surface area contributed by atoms with Crippen LogP contribution in [-0.2, 0) is 18.5 Å². The van der Waals surface area contributed by atoms with E-state index in [1.54, 1.807) is 0 Å². The number of rotatable bonds is 10. The Kier molecular flexibility index (Phi) is 8.54. The highest BCUT2D eigenvalue weighted by molar-refractivity contribution is 5.28. The molecule has 0 bridgehead atoms. The molecule has 0 radical (unpaired) electrons. The minimum absolute atomic E-state index is 0.186. The van der Waals surface area contributed by atoms with Crippen LogP contribution < -0.4 is 0 Å². The fraction of sp³-hybridized carbons (Fsp3) is 0.615. The van der Waals surface area contributed by atoms with Crippen molar-refractivity contribution in [1.29, 1.82) is 0 Å². The van der Waals surface area contributed by atoms with Gasteiger partial charge >= 0.3 is 0 Å². The van der Waals surface area contributed by atoms with Crippen LogP contribution in [0.4, 0.5) is 0 Å². The van der Waals surface area contributed by atoms with E-state index in [1.165, 1.54) is 16.8 Å². The molecule has 0 spiro atoms. The topological polar surface area (TPSA) is 28.4 Å². The highest BCUT2D eigenvalue weighted by atomic mass is 16.3. The van der Waals surface area contributed by atoms with E-state index in [2.05, 4.69) is 101 Å². The van der Waals surface area contributed by atoms with Gasteiger partial charge in [0.05, 0.1) is 6.10 Å². The zero-order valence-corrected chi connectivity index (χ0v) is 19.7. The van der Waals surface area contributed by atoms with Crippen LogP contribution in [0.3, 0.4) is 0 Å². The second-order valence-corrected chi connectivity index (χ2v) is 10.3. The predicted octanol–water partition coefficient (Wildman–Crippen LogP) is 5.70. The molecule has 1 atom stereocenters. The van der Waals surface area contributed by atoms with Gasteiger partial charge in [0.25, 0.3) is 0 Å². The van der Waals surface area contributed by atoms with Crippen LogP contribution in [0.2, 0.25) is 0 Å². The maximum absolute atomic E-state index is 10.4. The minimum Gasteiger partial charge on any atom is -0.392 e. The van der Waals surface area contributed by atoms with Gasteiger partial charge in [0.2, 0.25) is 0 Å². The summed E-state index contributed by atoms with van der Waals surface area (Å²) < 4.78 is 2.34. The lowest BCUT2D eigenvalue weighted by molar-refractivity contribution is 0.0702. The molecule has 0 aliphatic heterocycles. The van der Waals surface area contributed by atoms with E-state index in [-0.39, 0.29) is 17.4 Å². The van der Waals surface area contributed by atoms with Crippen LogP contribution in [0.5, 0.6) is 0 Å². The molecular formula is C26H42N2O. The van der Waals surface area contributed by atoms with Gasteiger partial charge in [0.15, 0.2) is 0 Å². The molecule has 0 saturated carbocycles. The molecule has 0 aliphatic rings. The Hall–Kier alpha value is -1.58. The van der Waals surface area contributed by atoms with Crippen molar-refractivity contribution in [3.05, 3.63) is 59.4 Å². The van der Waals surface area contributed by atoms with Crippen molar-refractivity contribution in [1.82, 2.24) is 9.47 Å². The summed E-state index contributed by atoms with van der Waals surface area (Å²) in [5, 5.41) is 10.4. The van der Waals surface area contributed by atoms with E-state index in [0.717, 1.165) is 32.6 Å². The first-order chi connectivity index (χ1) is 13.6. The molecular weight excluding hydrogens is 356 g/mol. The SMILES string of the molecule is CC(C)CCN(Cc1cccn1Cc1ccc(C(C)(C)C)cc1)C[C@H](O)C(C)C. The van der Waals surface area contributed by atoms with Crippen LogP contribution in [0.25, 0.3) is 0 Å². The fourth-order valence-electron chi connectivity index (χ4n) is 3.43. The molecule has 0 fully saturated rings. The summed E-state index contributed by atoms with van der Waals surface area (Å²) in [5.41, 5.74) is 4.19. The standard InChI is InChI=1S/C26H42N2O/c1-20(2)14-16-27(19-25(29)21(3)4)18-24-9-8-15-28(24)17-22-10-12-23(13-11-22)26(5,6)7/h8-13,15,20-21,25,29H,14,16-19H2,1-7H3/t25-/m0/s1. The van der Waals surface area contributed by atoms with E-state index >= 15 is 0 Å². The van der Waals surface area contributed by atoms with E-state index in [9.17, 15) is 5.11 Å². The summed E-state index contributed by atoms with van der Waals surface area (Å²) in [6.45, 7) is 19.0. The third-order valence-electron chi connectivity index (χ3n) is 5.72. The second-order valence-electron chi connectivity index (χ2n) is 10.3. The maximum atomic E-state index is 10.4. The van der Waals surface area contributed by atoms with Crippen LogP contribution >= 0.6 is 0 Å². The first-order valence-corrected chi connectivity index (χ1v) is 11.2. The number of hydrogen-bond donors (Lipinski definition) is 1. The van der Waals surface area contributed by atoms with E-state index < -0.39 is 0 Å². The van der Waals surface area contributed by atoms with Crippen molar-refractivity contribution >= 4 is 0 Å². The molecule has 1 aromatic heterocycles. The maximum Gasteiger partial charge on any atom is 0.0690 e. The molecule has 0 saturated heterocycles. The van der Waals surface area contributed by atoms with Gasteiger partial charge in [-0.1, -0.05) is 72.7 Å². The average Bonchev–Trinajstić information content (AvgIpc) is 3.05. The van der Waals surface area contributed by atoms with Crippen molar-refractivity contribution in [3.63, 3.8) is 0 Å². The first-order valence-electron chi connectivity index (χ1n) is 11.2. The normalized spacial score (nSPS) is 13.6. The lowest BCUT2D eigenvalue weighted by Crippen LogP contribution is -2.36. The van der Waals surface area contributed by atoms with Gasteiger partial charge in [-0.25, -0.2) is 0 Å².